The quantitative estimate of drug-likeness (QED) is 0.336. The molecule has 0 fully saturated rings. The van der Waals surface area contributed by atoms with Gasteiger partial charge >= 0.3 is 9.28 Å². The minimum Gasteiger partial charge on any atom is -0.400 e. The zero-order chi connectivity index (χ0) is 10.8. The van der Waals surface area contributed by atoms with E-state index in [1.165, 1.54) is 0 Å². The number of rotatable bonds is 9. The molecule has 0 radical (unpaired) electrons. The van der Waals surface area contributed by atoms with Crippen LogP contribution in [0.4, 0.5) is 0 Å². The summed E-state index contributed by atoms with van der Waals surface area (Å²) in [7, 11) is 2.10. The Morgan fingerprint density at radius 1 is 1.21 bits per heavy atom. The van der Waals surface area contributed by atoms with Crippen molar-refractivity contribution >= 4 is 9.28 Å². The second-order valence-corrected chi connectivity index (χ2v) is 5.79. The van der Waals surface area contributed by atoms with E-state index in [4.69, 9.17) is 13.6 Å². The van der Waals surface area contributed by atoms with Gasteiger partial charge in [-0.1, -0.05) is 12.2 Å². The Morgan fingerprint density at radius 2 is 1.86 bits per heavy atom. The highest BCUT2D eigenvalue weighted by molar-refractivity contribution is 6.44. The van der Waals surface area contributed by atoms with Crippen LogP contribution in [0.25, 0.3) is 0 Å². The summed E-state index contributed by atoms with van der Waals surface area (Å²) in [5, 5.41) is 0. The van der Waals surface area contributed by atoms with E-state index in [1.54, 1.807) is 14.2 Å². The van der Waals surface area contributed by atoms with E-state index in [0.717, 1.165) is 31.1 Å². The average molecular weight is 218 g/mol. The molecule has 0 aliphatic carbocycles. The Morgan fingerprint density at radius 3 is 2.36 bits per heavy atom. The van der Waals surface area contributed by atoms with Crippen LogP contribution >= 0.6 is 0 Å². The molecular formula is C10H22O3Si. The molecule has 0 aromatic heterocycles. The Labute approximate surface area is 88.9 Å². The van der Waals surface area contributed by atoms with Gasteiger partial charge in [0.1, 0.15) is 0 Å². The predicted molar refractivity (Wildman–Crippen MR) is 60.8 cm³/mol. The summed E-state index contributed by atoms with van der Waals surface area (Å²) >= 11 is 0. The van der Waals surface area contributed by atoms with Crippen LogP contribution in [0.1, 0.15) is 19.8 Å². The number of hydrogen-bond acceptors (Lipinski definition) is 3. The maximum Gasteiger partial charge on any atom is 0.320 e. The number of hydrogen-bond donors (Lipinski definition) is 0. The Hall–Kier alpha value is -0.163. The topological polar surface area (TPSA) is 27.7 Å². The molecule has 0 aromatic carbocycles. The molecule has 0 aliphatic heterocycles. The van der Waals surface area contributed by atoms with Crippen molar-refractivity contribution in [3.63, 3.8) is 0 Å². The Bertz CT molecular complexity index is 146. The maximum atomic E-state index is 5.38. The molecule has 0 heterocycles. The highest BCUT2D eigenvalue weighted by atomic mass is 28.3. The first kappa shape index (κ1) is 13.8. The predicted octanol–water partition coefficient (Wildman–Crippen LogP) is 1.87. The van der Waals surface area contributed by atoms with Crippen molar-refractivity contribution in [2.45, 2.75) is 25.8 Å². The zero-order valence-corrected chi connectivity index (χ0v) is 10.7. The fraction of sp³-hybridized carbons (Fsp3) is 0.800. The second kappa shape index (κ2) is 9.39. The second-order valence-electron chi connectivity index (χ2n) is 3.41. The molecule has 4 heteroatoms. The lowest BCUT2D eigenvalue weighted by Gasteiger charge is -2.10. The standard InChI is InChI=1S/C10H22O3Si/c1-10(2)9-13-7-5-6-8-14(11-3)12-4/h14H,1,5-9H2,2-4H3. The summed E-state index contributed by atoms with van der Waals surface area (Å²) in [5.74, 6) is 0. The highest BCUT2D eigenvalue weighted by Crippen LogP contribution is 2.03. The van der Waals surface area contributed by atoms with Gasteiger partial charge in [-0.3, -0.25) is 0 Å². The van der Waals surface area contributed by atoms with E-state index in [9.17, 15) is 0 Å². The molecule has 0 saturated heterocycles. The van der Waals surface area contributed by atoms with Crippen molar-refractivity contribution in [3.8, 4) is 0 Å². The van der Waals surface area contributed by atoms with Gasteiger partial charge in [-0.25, -0.2) is 0 Å². The van der Waals surface area contributed by atoms with Gasteiger partial charge in [0.05, 0.1) is 6.61 Å². The summed E-state index contributed by atoms with van der Waals surface area (Å²) in [6.45, 7) is 7.22. The van der Waals surface area contributed by atoms with Gasteiger partial charge in [0, 0.05) is 20.8 Å². The molecule has 0 atom stereocenters. The van der Waals surface area contributed by atoms with E-state index < -0.39 is 9.28 Å². The van der Waals surface area contributed by atoms with Crippen LogP contribution in [0.2, 0.25) is 6.04 Å². The fourth-order valence-electron chi connectivity index (χ4n) is 1.09. The van der Waals surface area contributed by atoms with Crippen molar-refractivity contribution in [2.75, 3.05) is 27.4 Å². The third-order valence-electron chi connectivity index (χ3n) is 1.85. The molecular weight excluding hydrogens is 196 g/mol. The highest BCUT2D eigenvalue weighted by Gasteiger charge is 2.07. The Balaban J connectivity index is 3.16. The van der Waals surface area contributed by atoms with Crippen LogP contribution in [0.5, 0.6) is 0 Å². The molecule has 0 aromatic rings. The van der Waals surface area contributed by atoms with Gasteiger partial charge in [-0.2, -0.15) is 0 Å². The lowest BCUT2D eigenvalue weighted by molar-refractivity contribution is 0.152. The van der Waals surface area contributed by atoms with Gasteiger partial charge < -0.3 is 13.6 Å². The molecule has 14 heavy (non-hydrogen) atoms. The van der Waals surface area contributed by atoms with Crippen molar-refractivity contribution in [3.05, 3.63) is 12.2 Å². The third kappa shape index (κ3) is 8.44. The van der Waals surface area contributed by atoms with Gasteiger partial charge in [0.25, 0.3) is 0 Å². The molecule has 0 saturated carbocycles. The van der Waals surface area contributed by atoms with Gasteiger partial charge in [-0.05, 0) is 25.8 Å². The molecule has 0 unspecified atom stereocenters. The van der Waals surface area contributed by atoms with E-state index >= 15 is 0 Å². The lowest BCUT2D eigenvalue weighted by Crippen LogP contribution is -2.18. The summed E-state index contributed by atoms with van der Waals surface area (Å²) < 4.78 is 15.8. The van der Waals surface area contributed by atoms with Crippen LogP contribution in [-0.2, 0) is 13.6 Å². The normalized spacial score (nSPS) is 10.9. The van der Waals surface area contributed by atoms with Gasteiger partial charge in [-0.15, -0.1) is 0 Å². The van der Waals surface area contributed by atoms with Crippen molar-refractivity contribution in [1.29, 1.82) is 0 Å². The first-order valence-electron chi connectivity index (χ1n) is 4.98. The third-order valence-corrected chi connectivity index (χ3v) is 3.78. The maximum absolute atomic E-state index is 5.38. The summed E-state index contributed by atoms with van der Waals surface area (Å²) in [6.07, 6.45) is 2.19. The van der Waals surface area contributed by atoms with Crippen LogP contribution in [-0.4, -0.2) is 36.7 Å². The largest absolute Gasteiger partial charge is 0.400 e. The van der Waals surface area contributed by atoms with Crippen LogP contribution in [0, 0.1) is 0 Å². The molecule has 0 bridgehead atoms. The summed E-state index contributed by atoms with van der Waals surface area (Å²) in [4.78, 5) is 0. The minimum absolute atomic E-state index is 0.676. The zero-order valence-electron chi connectivity index (χ0n) is 9.54. The number of unbranched alkanes of at least 4 members (excludes halogenated alkanes) is 1. The van der Waals surface area contributed by atoms with Crippen LogP contribution in [0.3, 0.4) is 0 Å². The first-order valence-corrected chi connectivity index (χ1v) is 6.74. The first-order chi connectivity index (χ1) is 6.70. The monoisotopic (exact) mass is 218 g/mol. The lowest BCUT2D eigenvalue weighted by atomic mass is 10.3. The summed E-state index contributed by atoms with van der Waals surface area (Å²) in [6, 6.07) is 1.06. The van der Waals surface area contributed by atoms with Crippen molar-refractivity contribution in [1.82, 2.24) is 0 Å². The van der Waals surface area contributed by atoms with Crippen LogP contribution < -0.4 is 0 Å². The van der Waals surface area contributed by atoms with E-state index in [0.29, 0.717) is 6.61 Å². The van der Waals surface area contributed by atoms with Gasteiger partial charge in [0.15, 0.2) is 0 Å². The minimum atomic E-state index is -1.34. The smallest absolute Gasteiger partial charge is 0.320 e. The molecule has 0 rings (SSSR count). The molecule has 0 amide bonds. The van der Waals surface area contributed by atoms with E-state index in [1.807, 2.05) is 6.92 Å². The van der Waals surface area contributed by atoms with Gasteiger partial charge in [0.2, 0.25) is 0 Å². The summed E-state index contributed by atoms with van der Waals surface area (Å²) in [5.41, 5.74) is 1.08. The molecule has 0 aliphatic rings. The van der Waals surface area contributed by atoms with Crippen molar-refractivity contribution < 1.29 is 13.6 Å². The molecule has 0 N–H and O–H groups in total. The SMILES string of the molecule is C=C(C)COCCCC[SiH](OC)OC. The average Bonchev–Trinajstić information content (AvgIpc) is 2.16. The Kier molecular flexibility index (Phi) is 9.28. The number of ether oxygens (including phenoxy) is 1. The molecule has 84 valence electrons. The molecule has 3 nitrogen and oxygen atoms in total. The van der Waals surface area contributed by atoms with E-state index in [-0.39, 0.29) is 0 Å². The van der Waals surface area contributed by atoms with Crippen LogP contribution in [0.15, 0.2) is 12.2 Å². The van der Waals surface area contributed by atoms with Crippen molar-refractivity contribution in [2.24, 2.45) is 0 Å². The molecule has 0 spiro atoms. The fourth-order valence-corrected chi connectivity index (χ4v) is 2.38. The van der Waals surface area contributed by atoms with E-state index in [2.05, 4.69) is 6.58 Å².